The molecule has 1 fully saturated rings. The molecule has 1 aliphatic carbocycles. The summed E-state index contributed by atoms with van der Waals surface area (Å²) in [5, 5.41) is 10.1. The lowest BCUT2D eigenvalue weighted by atomic mass is 9.95. The minimum atomic E-state index is -0.731. The number of nitrogens with one attached hydrogen (secondary N) is 3. The number of hydrogen-bond donors (Lipinski definition) is 3. The van der Waals surface area contributed by atoms with E-state index in [0.717, 1.165) is 55.1 Å². The lowest BCUT2D eigenvalue weighted by molar-refractivity contribution is -0.119. The average Bonchev–Trinajstić information content (AvgIpc) is 2.75. The number of amides is 1. The molecule has 2 rings (SSSR count). The fourth-order valence-electron chi connectivity index (χ4n) is 3.53. The molecule has 0 radical (unpaired) electrons. The van der Waals surface area contributed by atoms with E-state index in [1.807, 2.05) is 45.0 Å². The Balaban J connectivity index is 1.88. The predicted molar refractivity (Wildman–Crippen MR) is 123 cm³/mol. The van der Waals surface area contributed by atoms with Crippen LogP contribution in [0.3, 0.4) is 0 Å². The highest BCUT2D eigenvalue weighted by molar-refractivity contribution is 7.85. The Labute approximate surface area is 177 Å². The van der Waals surface area contributed by atoms with Crippen LogP contribution in [0.4, 0.5) is 5.69 Å². The normalized spacial score (nSPS) is 21.9. The lowest BCUT2D eigenvalue weighted by Crippen LogP contribution is -2.46. The van der Waals surface area contributed by atoms with Crippen molar-refractivity contribution in [2.45, 2.75) is 70.7 Å². The van der Waals surface area contributed by atoms with Crippen molar-refractivity contribution in [2.75, 3.05) is 18.1 Å². The maximum atomic E-state index is 12.2. The fourth-order valence-corrected chi connectivity index (χ4v) is 4.88. The minimum Gasteiger partial charge on any atom is -0.354 e. The molecular weight excluding hydrogens is 384 g/mol. The molecule has 0 aromatic heterocycles. The predicted octanol–water partition coefficient (Wildman–Crippen LogP) is 3.42. The first-order chi connectivity index (χ1) is 14.0. The van der Waals surface area contributed by atoms with E-state index >= 15 is 0 Å². The summed E-state index contributed by atoms with van der Waals surface area (Å²) in [6.45, 7) is 6.55. The van der Waals surface area contributed by atoms with Crippen molar-refractivity contribution in [3.05, 3.63) is 29.8 Å². The molecule has 1 saturated carbocycles. The van der Waals surface area contributed by atoms with Gasteiger partial charge in [0.15, 0.2) is 5.96 Å². The Morgan fingerprint density at radius 3 is 2.79 bits per heavy atom. The molecule has 0 bridgehead atoms. The molecule has 1 amide bonds. The molecule has 0 saturated heterocycles. The minimum absolute atomic E-state index is 0.00108. The third-order valence-electron chi connectivity index (χ3n) is 5.56. The van der Waals surface area contributed by atoms with Gasteiger partial charge in [0.1, 0.15) is 0 Å². The Hall–Kier alpha value is -1.89. The van der Waals surface area contributed by atoms with Crippen molar-refractivity contribution in [3.8, 4) is 0 Å². The van der Waals surface area contributed by atoms with E-state index < -0.39 is 10.8 Å². The number of nitrogens with zero attached hydrogens (tertiary/aromatic N) is 1. The molecule has 0 spiro atoms. The van der Waals surface area contributed by atoms with Crippen LogP contribution in [0.2, 0.25) is 0 Å². The zero-order valence-electron chi connectivity index (χ0n) is 18.2. The number of aliphatic imine (C=N–C) groups is 1. The van der Waals surface area contributed by atoms with Gasteiger partial charge in [0.25, 0.3) is 0 Å². The molecule has 162 valence electrons. The molecule has 3 N–H and O–H groups in total. The third-order valence-corrected chi connectivity index (χ3v) is 7.30. The van der Waals surface area contributed by atoms with Crippen LogP contribution in [0.1, 0.15) is 58.4 Å². The van der Waals surface area contributed by atoms with Gasteiger partial charge in [-0.05, 0) is 43.4 Å². The molecule has 4 atom stereocenters. The van der Waals surface area contributed by atoms with Crippen molar-refractivity contribution in [1.29, 1.82) is 0 Å². The van der Waals surface area contributed by atoms with Gasteiger partial charge in [-0.25, -0.2) is 0 Å². The number of hydrogen-bond acceptors (Lipinski definition) is 3. The molecule has 1 aliphatic rings. The van der Waals surface area contributed by atoms with Gasteiger partial charge < -0.3 is 16.0 Å². The van der Waals surface area contributed by atoms with E-state index in [0.29, 0.717) is 12.6 Å². The first kappa shape index (κ1) is 23.4. The average molecular weight is 421 g/mol. The molecule has 0 heterocycles. The van der Waals surface area contributed by atoms with Crippen LogP contribution < -0.4 is 16.0 Å². The number of guanidine groups is 1. The SMILES string of the molecule is CCC(C)C(=O)Nc1cccc(CNC(=NC)NC2CCCC(S(=O)CC)C2)c1. The van der Waals surface area contributed by atoms with E-state index in [-0.39, 0.29) is 17.1 Å². The summed E-state index contributed by atoms with van der Waals surface area (Å²) in [7, 11) is 1.04. The molecule has 29 heavy (non-hydrogen) atoms. The molecule has 1 aromatic carbocycles. The number of carbonyl (C=O) groups excluding carboxylic acids is 1. The number of carbonyl (C=O) groups is 1. The van der Waals surface area contributed by atoms with E-state index in [1.54, 1.807) is 7.05 Å². The van der Waals surface area contributed by atoms with Crippen molar-refractivity contribution in [2.24, 2.45) is 10.9 Å². The lowest BCUT2D eigenvalue weighted by Gasteiger charge is -2.30. The van der Waals surface area contributed by atoms with E-state index in [4.69, 9.17) is 0 Å². The summed E-state index contributed by atoms with van der Waals surface area (Å²) >= 11 is 0. The molecule has 4 unspecified atom stereocenters. The molecular formula is C22H36N4O2S. The standard InChI is InChI=1S/C22H36N4O2S/c1-5-16(3)21(27)25-18-10-7-9-17(13-18)15-24-22(23-4)26-19-11-8-12-20(14-19)29(28)6-2/h7,9-10,13,16,19-20H,5-6,8,11-12,14-15H2,1-4H3,(H,25,27)(H2,23,24,26). The first-order valence-corrected chi connectivity index (χ1v) is 12.1. The summed E-state index contributed by atoms with van der Waals surface area (Å²) in [4.78, 5) is 16.4. The van der Waals surface area contributed by atoms with Crippen LogP contribution >= 0.6 is 0 Å². The molecule has 0 aliphatic heterocycles. The van der Waals surface area contributed by atoms with Crippen LogP contribution in [0.25, 0.3) is 0 Å². The smallest absolute Gasteiger partial charge is 0.227 e. The molecule has 6 nitrogen and oxygen atoms in total. The number of rotatable bonds is 8. The second-order valence-corrected chi connectivity index (χ2v) is 9.73. The van der Waals surface area contributed by atoms with Gasteiger partial charge >= 0.3 is 0 Å². The highest BCUT2D eigenvalue weighted by atomic mass is 32.2. The second kappa shape index (κ2) is 12.0. The Bertz CT molecular complexity index is 723. The van der Waals surface area contributed by atoms with Crippen molar-refractivity contribution < 1.29 is 9.00 Å². The van der Waals surface area contributed by atoms with Crippen molar-refractivity contribution in [1.82, 2.24) is 10.6 Å². The van der Waals surface area contributed by atoms with E-state index in [9.17, 15) is 9.00 Å². The number of anilines is 1. The van der Waals surface area contributed by atoms with Crippen LogP contribution in [0.5, 0.6) is 0 Å². The van der Waals surface area contributed by atoms with Gasteiger partial charge in [0.05, 0.1) is 0 Å². The van der Waals surface area contributed by atoms with Crippen LogP contribution in [-0.4, -0.2) is 40.2 Å². The second-order valence-electron chi connectivity index (χ2n) is 7.72. The molecule has 1 aromatic rings. The zero-order valence-corrected chi connectivity index (χ0v) is 19.0. The van der Waals surface area contributed by atoms with E-state index in [2.05, 4.69) is 20.9 Å². The largest absolute Gasteiger partial charge is 0.354 e. The van der Waals surface area contributed by atoms with Gasteiger partial charge in [0.2, 0.25) is 5.91 Å². The van der Waals surface area contributed by atoms with Crippen molar-refractivity contribution >= 4 is 28.4 Å². The van der Waals surface area contributed by atoms with Gasteiger partial charge in [0, 0.05) is 53.0 Å². The maximum Gasteiger partial charge on any atom is 0.227 e. The highest BCUT2D eigenvalue weighted by Crippen LogP contribution is 2.23. The first-order valence-electron chi connectivity index (χ1n) is 10.7. The van der Waals surface area contributed by atoms with Crippen LogP contribution in [0, 0.1) is 5.92 Å². The Morgan fingerprint density at radius 1 is 1.31 bits per heavy atom. The fraction of sp³-hybridized carbons (Fsp3) is 0.636. The highest BCUT2D eigenvalue weighted by Gasteiger charge is 2.26. The molecule has 7 heteroatoms. The van der Waals surface area contributed by atoms with Crippen LogP contribution in [-0.2, 0) is 22.1 Å². The Kier molecular flexibility index (Phi) is 9.64. The summed E-state index contributed by atoms with van der Waals surface area (Å²) in [6, 6.07) is 8.18. The van der Waals surface area contributed by atoms with E-state index in [1.165, 1.54) is 0 Å². The quantitative estimate of drug-likeness (QED) is 0.445. The third kappa shape index (κ3) is 7.46. The maximum absolute atomic E-state index is 12.2. The number of benzene rings is 1. The Morgan fingerprint density at radius 2 is 2.10 bits per heavy atom. The monoisotopic (exact) mass is 420 g/mol. The van der Waals surface area contributed by atoms with Crippen LogP contribution in [0.15, 0.2) is 29.3 Å². The summed E-state index contributed by atoms with van der Waals surface area (Å²) in [5.41, 5.74) is 1.89. The van der Waals surface area contributed by atoms with Crippen molar-refractivity contribution in [3.63, 3.8) is 0 Å². The zero-order chi connectivity index (χ0) is 21.2. The summed E-state index contributed by atoms with van der Waals surface area (Å²) < 4.78 is 12.2. The summed E-state index contributed by atoms with van der Waals surface area (Å²) in [5.74, 6) is 1.54. The van der Waals surface area contributed by atoms with Gasteiger partial charge in [-0.2, -0.15) is 0 Å². The van der Waals surface area contributed by atoms with Gasteiger partial charge in [-0.15, -0.1) is 0 Å². The van der Waals surface area contributed by atoms with Gasteiger partial charge in [-0.3, -0.25) is 14.0 Å². The van der Waals surface area contributed by atoms with Gasteiger partial charge in [-0.1, -0.05) is 39.3 Å². The topological polar surface area (TPSA) is 82.6 Å². The summed E-state index contributed by atoms with van der Waals surface area (Å²) in [6.07, 6.45) is 4.99.